The van der Waals surface area contributed by atoms with Gasteiger partial charge in [0.2, 0.25) is 0 Å². The van der Waals surface area contributed by atoms with Gasteiger partial charge in [0.15, 0.2) is 34.0 Å². The summed E-state index contributed by atoms with van der Waals surface area (Å²) in [6.07, 6.45) is 2.11. The third-order valence-electron chi connectivity index (χ3n) is 9.32. The lowest BCUT2D eigenvalue weighted by Crippen LogP contribution is -2.65. The van der Waals surface area contributed by atoms with Gasteiger partial charge in [-0.15, -0.1) is 0 Å². The Morgan fingerprint density at radius 1 is 0.419 bits per heavy atom. The van der Waals surface area contributed by atoms with Crippen molar-refractivity contribution in [3.63, 3.8) is 0 Å². The van der Waals surface area contributed by atoms with Gasteiger partial charge >= 0.3 is 51.4 Å². The van der Waals surface area contributed by atoms with Gasteiger partial charge in [-0.05, 0) is 161 Å². The van der Waals surface area contributed by atoms with Crippen molar-refractivity contribution in [3.05, 3.63) is 0 Å². The lowest BCUT2D eigenvalue weighted by atomic mass is 10.5. The maximum absolute atomic E-state index is 6.82. The van der Waals surface area contributed by atoms with Crippen LogP contribution in [0.2, 0.25) is 148 Å². The molecule has 0 aliphatic carbocycles. The monoisotopic (exact) mass is 1060 g/mol. The van der Waals surface area contributed by atoms with Crippen molar-refractivity contribution in [2.75, 3.05) is 80.3 Å². The SMILES string of the molecule is CCCOCCOCCOC.COCCOCCOCCC[Si](C)(C)O[Si](C)(C)CC[Si]1(C)O[Si](C)(C)O[Si](C)(C)O1.C[SiH](C)O[Si](C)(C)CC[Si]1(C)O[Si](C)(C)O[Si](C)(C)O1. The summed E-state index contributed by atoms with van der Waals surface area (Å²) < 4.78 is 82.2. The molecule has 0 aromatic heterocycles. The van der Waals surface area contributed by atoms with Crippen LogP contribution in [-0.4, -0.2) is 166 Å². The van der Waals surface area contributed by atoms with E-state index in [1.807, 2.05) is 0 Å². The molecule has 0 atom stereocenters. The van der Waals surface area contributed by atoms with Crippen molar-refractivity contribution in [1.29, 1.82) is 0 Å². The highest BCUT2D eigenvalue weighted by atomic mass is 28.5. The lowest BCUT2D eigenvalue weighted by Gasteiger charge is -2.48. The zero-order chi connectivity index (χ0) is 48.0. The zero-order valence-corrected chi connectivity index (χ0v) is 54.0. The summed E-state index contributed by atoms with van der Waals surface area (Å²) in [4.78, 5) is 0. The number of methoxy groups -OCH3 is 2. The molecule has 0 saturated carbocycles. The number of hydrogen-bond donors (Lipinski definition) is 0. The second-order valence-electron chi connectivity index (χ2n) is 20.6. The van der Waals surface area contributed by atoms with Gasteiger partial charge in [-0.1, -0.05) is 6.92 Å². The van der Waals surface area contributed by atoms with E-state index in [0.29, 0.717) is 52.9 Å². The minimum atomic E-state index is -2.22. The van der Waals surface area contributed by atoms with Crippen LogP contribution in [0.1, 0.15) is 19.8 Å². The van der Waals surface area contributed by atoms with Crippen LogP contribution in [0.3, 0.4) is 0 Å². The summed E-state index contributed by atoms with van der Waals surface area (Å²) in [6, 6.07) is 5.37. The fourth-order valence-electron chi connectivity index (χ4n) is 7.87. The Morgan fingerprint density at radius 2 is 0.742 bits per heavy atom. The molecule has 2 heterocycles. The van der Waals surface area contributed by atoms with Crippen LogP contribution in [0.5, 0.6) is 0 Å². The van der Waals surface area contributed by atoms with Crippen LogP contribution in [0.4, 0.5) is 0 Å². The molecule has 2 fully saturated rings. The minimum Gasteiger partial charge on any atom is -0.458 e. The van der Waals surface area contributed by atoms with Crippen LogP contribution in [0.15, 0.2) is 0 Å². The summed E-state index contributed by atoms with van der Waals surface area (Å²) in [5.74, 6) is 0. The largest absolute Gasteiger partial charge is 0.458 e. The predicted octanol–water partition coefficient (Wildman–Crippen LogP) is 9.83. The molecule has 2 saturated heterocycles. The third-order valence-corrected chi connectivity index (χ3v) is 48.6. The normalized spacial score (nSPS) is 20.2. The van der Waals surface area contributed by atoms with Crippen LogP contribution < -0.4 is 0 Å². The molecule has 2 aliphatic rings. The van der Waals surface area contributed by atoms with E-state index in [9.17, 15) is 0 Å². The van der Waals surface area contributed by atoms with Crippen molar-refractivity contribution < 1.29 is 61.3 Å². The van der Waals surface area contributed by atoms with E-state index >= 15 is 0 Å². The standard InChI is InChI=1S/C19H48O7Si5.C11H32O4Si5.C8H18O3/c1-20-13-14-22-16-15-21-12-11-17-27(2,3)23-28(4,5)18-19-31(10)25-29(6,7)24-30(8,9)26-31;1-16(2)12-17(3,4)10-11-20(9)14-18(5,6)13-19(7,8)15-20;1-3-4-10-7-8-11-6-5-9-2/h11-19H2,1-10H3;16H,10-11H2,1-9H3;3-8H2,1-2H3. The summed E-state index contributed by atoms with van der Waals surface area (Å²) >= 11 is 0. The van der Waals surface area contributed by atoms with Crippen LogP contribution >= 0.6 is 0 Å². The number of ether oxygens (including phenoxy) is 6. The molecule has 14 nitrogen and oxygen atoms in total. The van der Waals surface area contributed by atoms with Gasteiger partial charge < -0.3 is 61.3 Å². The van der Waals surface area contributed by atoms with Gasteiger partial charge in [0.05, 0.1) is 52.9 Å². The Labute approximate surface area is 392 Å². The first-order chi connectivity index (χ1) is 28.3. The molecule has 62 heavy (non-hydrogen) atoms. The van der Waals surface area contributed by atoms with E-state index in [4.69, 9.17) is 61.3 Å². The van der Waals surface area contributed by atoms with Gasteiger partial charge in [-0.3, -0.25) is 0 Å². The quantitative estimate of drug-likeness (QED) is 0.0545. The molecular formula is C38H98O14Si10. The van der Waals surface area contributed by atoms with Gasteiger partial charge in [-0.2, -0.15) is 0 Å². The van der Waals surface area contributed by atoms with Gasteiger partial charge in [0.25, 0.3) is 0 Å². The Morgan fingerprint density at radius 3 is 1.10 bits per heavy atom. The highest BCUT2D eigenvalue weighted by molar-refractivity contribution is 6.94. The van der Waals surface area contributed by atoms with Crippen molar-refractivity contribution in [2.24, 2.45) is 0 Å². The molecule has 0 bridgehead atoms. The Bertz CT molecular complexity index is 1150. The van der Waals surface area contributed by atoms with E-state index in [1.165, 1.54) is 0 Å². The summed E-state index contributed by atoms with van der Waals surface area (Å²) in [6.45, 7) is 49.0. The van der Waals surface area contributed by atoms with Crippen molar-refractivity contribution >= 4 is 85.4 Å². The Kier molecular flexibility index (Phi) is 30.4. The molecule has 0 radical (unpaired) electrons. The van der Waals surface area contributed by atoms with Crippen LogP contribution in [0.25, 0.3) is 0 Å². The first kappa shape index (κ1) is 63.6. The molecule has 374 valence electrons. The summed E-state index contributed by atoms with van der Waals surface area (Å²) in [5, 5.41) is 0. The van der Waals surface area contributed by atoms with Crippen LogP contribution in [-0.2, 0) is 61.3 Å². The molecule has 24 heteroatoms. The lowest BCUT2D eigenvalue weighted by molar-refractivity contribution is 0.0249. The molecular weight excluding hydrogens is 961 g/mol. The van der Waals surface area contributed by atoms with Crippen LogP contribution in [0, 0.1) is 0 Å². The van der Waals surface area contributed by atoms with E-state index in [2.05, 4.69) is 125 Å². The fourth-order valence-corrected chi connectivity index (χ4v) is 60.7. The third kappa shape index (κ3) is 33.2. The second kappa shape index (κ2) is 29.6. The predicted molar refractivity (Wildman–Crippen MR) is 279 cm³/mol. The molecule has 0 aromatic carbocycles. The molecule has 0 unspecified atom stereocenters. The fraction of sp³-hybridized carbons (Fsp3) is 1.00. The maximum Gasteiger partial charge on any atom is 0.317 e. The summed E-state index contributed by atoms with van der Waals surface area (Å²) in [5.41, 5.74) is 0. The zero-order valence-electron chi connectivity index (χ0n) is 43.8. The van der Waals surface area contributed by atoms with E-state index < -0.39 is 85.4 Å². The molecule has 2 rings (SSSR count). The van der Waals surface area contributed by atoms with E-state index in [0.717, 1.165) is 56.3 Å². The molecule has 0 amide bonds. The smallest absolute Gasteiger partial charge is 0.317 e. The first-order valence-corrected chi connectivity index (χ1v) is 51.6. The Balaban J connectivity index is 0.00000102. The second-order valence-corrected chi connectivity index (χ2v) is 58.1. The molecule has 0 spiro atoms. The van der Waals surface area contributed by atoms with Gasteiger partial charge in [-0.25, -0.2) is 0 Å². The minimum absolute atomic E-state index is 0.623. The first-order valence-electron chi connectivity index (χ1n) is 23.1. The summed E-state index contributed by atoms with van der Waals surface area (Å²) in [7, 11) is -15.2. The molecule has 0 aromatic rings. The van der Waals surface area contributed by atoms with E-state index in [1.54, 1.807) is 14.2 Å². The van der Waals surface area contributed by atoms with Crippen molar-refractivity contribution in [2.45, 2.75) is 168 Å². The molecule has 0 N–H and O–H groups in total. The Hall–Kier alpha value is 1.61. The number of hydrogen-bond acceptors (Lipinski definition) is 14. The van der Waals surface area contributed by atoms with Gasteiger partial charge in [0, 0.05) is 27.4 Å². The maximum atomic E-state index is 6.82. The highest BCUT2D eigenvalue weighted by Crippen LogP contribution is 2.37. The average molecular weight is 1060 g/mol. The van der Waals surface area contributed by atoms with Crippen molar-refractivity contribution in [1.82, 2.24) is 0 Å². The van der Waals surface area contributed by atoms with Crippen molar-refractivity contribution in [3.8, 4) is 0 Å². The van der Waals surface area contributed by atoms with Gasteiger partial charge in [0.1, 0.15) is 0 Å². The number of rotatable bonds is 28. The average Bonchev–Trinajstić information content (AvgIpc) is 3.06. The highest BCUT2D eigenvalue weighted by Gasteiger charge is 2.54. The van der Waals surface area contributed by atoms with E-state index in [-0.39, 0.29) is 0 Å². The molecule has 2 aliphatic heterocycles. The topological polar surface area (TPSA) is 129 Å².